The van der Waals surface area contributed by atoms with Gasteiger partial charge in [0.15, 0.2) is 5.11 Å². The number of nitrogens with zero attached hydrogens (tertiary/aromatic N) is 1. The minimum absolute atomic E-state index is 0.142. The molecule has 0 saturated carbocycles. The van der Waals surface area contributed by atoms with Gasteiger partial charge in [-0.1, -0.05) is 37.3 Å². The van der Waals surface area contributed by atoms with Crippen molar-refractivity contribution in [1.29, 1.82) is 0 Å². The van der Waals surface area contributed by atoms with Crippen LogP contribution in [0.5, 0.6) is 0 Å². The summed E-state index contributed by atoms with van der Waals surface area (Å²) in [5, 5.41) is 4.84. The molecule has 4 aromatic rings. The Morgan fingerprint density at radius 3 is 2.41 bits per heavy atom. The van der Waals surface area contributed by atoms with Gasteiger partial charge in [-0.3, -0.25) is 4.79 Å². The summed E-state index contributed by atoms with van der Waals surface area (Å²) in [4.78, 5) is 17.9. The molecule has 0 fully saturated rings. The van der Waals surface area contributed by atoms with Crippen molar-refractivity contribution in [3.63, 3.8) is 0 Å². The van der Waals surface area contributed by atoms with Crippen LogP contribution in [0, 0.1) is 19.7 Å². The molecule has 1 heterocycles. The largest absolute Gasteiger partial charge is 0.340 e. The first kappa shape index (κ1) is 23.6. The monoisotopic (exact) mass is 473 g/mol. The number of aromatic nitrogens is 1. The maximum Gasteiger partial charge on any atom is 0.253 e. The maximum atomic E-state index is 13.5. The number of nitrogens with one attached hydrogen (secondary N) is 2. The molecule has 0 saturated heterocycles. The molecular weight excluding hydrogens is 445 g/mol. The molecular formula is C28H28FN3OS. The van der Waals surface area contributed by atoms with Crippen LogP contribution in [0.4, 0.5) is 10.1 Å². The molecule has 1 aromatic heterocycles. The van der Waals surface area contributed by atoms with Crippen molar-refractivity contribution in [1.82, 2.24) is 9.88 Å². The number of rotatable bonds is 6. The van der Waals surface area contributed by atoms with E-state index in [1.165, 1.54) is 17.7 Å². The fourth-order valence-corrected chi connectivity index (χ4v) is 4.24. The van der Waals surface area contributed by atoms with Gasteiger partial charge in [-0.25, -0.2) is 4.39 Å². The summed E-state index contributed by atoms with van der Waals surface area (Å²) >= 11 is 5.79. The minimum atomic E-state index is -0.287. The Hall–Kier alpha value is -3.51. The molecule has 4 nitrogen and oxygen atoms in total. The van der Waals surface area contributed by atoms with Gasteiger partial charge < -0.3 is 15.2 Å². The second kappa shape index (κ2) is 10.2. The predicted molar refractivity (Wildman–Crippen MR) is 142 cm³/mol. The van der Waals surface area contributed by atoms with Crippen LogP contribution in [0.25, 0.3) is 10.9 Å². The van der Waals surface area contributed by atoms with Crippen molar-refractivity contribution in [3.8, 4) is 0 Å². The van der Waals surface area contributed by atoms with E-state index in [0.29, 0.717) is 23.8 Å². The van der Waals surface area contributed by atoms with Gasteiger partial charge in [0.05, 0.1) is 6.54 Å². The number of aryl methyl sites for hydroxylation is 3. The normalized spacial score (nSPS) is 10.9. The van der Waals surface area contributed by atoms with Crippen molar-refractivity contribution < 1.29 is 4.39 Å². The number of thiocarbonyl (C=S) groups is 1. The second-order valence-electron chi connectivity index (χ2n) is 8.57. The summed E-state index contributed by atoms with van der Waals surface area (Å²) in [5.74, 6) is -0.287. The number of para-hydroxylation sites is 1. The zero-order valence-electron chi connectivity index (χ0n) is 19.6. The average Bonchev–Trinajstić information content (AvgIpc) is 2.82. The summed E-state index contributed by atoms with van der Waals surface area (Å²) in [6.45, 7) is 6.94. The Morgan fingerprint density at radius 1 is 0.971 bits per heavy atom. The third kappa shape index (κ3) is 5.34. The molecule has 0 atom stereocenters. The van der Waals surface area contributed by atoms with Crippen LogP contribution in [0.15, 0.2) is 71.5 Å². The van der Waals surface area contributed by atoms with Gasteiger partial charge in [0.25, 0.3) is 5.56 Å². The molecule has 0 aliphatic heterocycles. The zero-order valence-corrected chi connectivity index (χ0v) is 20.4. The van der Waals surface area contributed by atoms with Crippen molar-refractivity contribution in [3.05, 3.63) is 111 Å². The van der Waals surface area contributed by atoms with Crippen LogP contribution < -0.4 is 10.9 Å². The Labute approximate surface area is 204 Å². The number of H-pyrrole nitrogens is 1. The highest BCUT2D eigenvalue weighted by Gasteiger charge is 2.16. The molecule has 0 aliphatic rings. The number of hydrogen-bond acceptors (Lipinski definition) is 2. The predicted octanol–water partition coefficient (Wildman–Crippen LogP) is 6.25. The minimum Gasteiger partial charge on any atom is -0.340 e. The fourth-order valence-electron chi connectivity index (χ4n) is 4.00. The summed E-state index contributed by atoms with van der Waals surface area (Å²) in [7, 11) is 0. The van der Waals surface area contributed by atoms with Gasteiger partial charge >= 0.3 is 0 Å². The van der Waals surface area contributed by atoms with Crippen LogP contribution in [0.1, 0.15) is 34.7 Å². The zero-order chi connectivity index (χ0) is 24.2. The second-order valence-corrected chi connectivity index (χ2v) is 8.96. The van der Waals surface area contributed by atoms with Crippen molar-refractivity contribution in [2.24, 2.45) is 0 Å². The van der Waals surface area contributed by atoms with E-state index in [1.807, 2.05) is 42.2 Å². The number of benzene rings is 3. The lowest BCUT2D eigenvalue weighted by Crippen LogP contribution is -2.35. The van der Waals surface area contributed by atoms with Crippen LogP contribution in [0.2, 0.25) is 0 Å². The number of aromatic amines is 1. The van der Waals surface area contributed by atoms with E-state index < -0.39 is 0 Å². The molecule has 0 spiro atoms. The van der Waals surface area contributed by atoms with Gasteiger partial charge in [0.2, 0.25) is 0 Å². The smallest absolute Gasteiger partial charge is 0.253 e. The molecule has 34 heavy (non-hydrogen) atoms. The van der Waals surface area contributed by atoms with Crippen LogP contribution >= 0.6 is 12.2 Å². The van der Waals surface area contributed by atoms with E-state index in [-0.39, 0.29) is 11.4 Å². The van der Waals surface area contributed by atoms with E-state index >= 15 is 0 Å². The summed E-state index contributed by atoms with van der Waals surface area (Å²) in [6, 6.07) is 20.4. The van der Waals surface area contributed by atoms with Crippen molar-refractivity contribution in [2.45, 2.75) is 40.3 Å². The fraction of sp³-hybridized carbons (Fsp3) is 0.214. The Bertz CT molecular complexity index is 1400. The van der Waals surface area contributed by atoms with Gasteiger partial charge in [-0.2, -0.15) is 0 Å². The van der Waals surface area contributed by atoms with E-state index in [0.717, 1.165) is 39.7 Å². The highest BCUT2D eigenvalue weighted by Crippen LogP contribution is 2.20. The van der Waals surface area contributed by atoms with E-state index in [2.05, 4.69) is 36.3 Å². The molecule has 3 aromatic carbocycles. The maximum absolute atomic E-state index is 13.5. The van der Waals surface area contributed by atoms with E-state index in [1.54, 1.807) is 12.1 Å². The summed E-state index contributed by atoms with van der Waals surface area (Å²) in [6.07, 6.45) is 0.868. The third-order valence-electron chi connectivity index (χ3n) is 6.11. The number of hydrogen-bond donors (Lipinski definition) is 2. The van der Waals surface area contributed by atoms with Gasteiger partial charge in [0, 0.05) is 23.3 Å². The molecule has 0 radical (unpaired) electrons. The quantitative estimate of drug-likeness (QED) is 0.325. The molecule has 174 valence electrons. The first-order valence-electron chi connectivity index (χ1n) is 11.4. The Kier molecular flexibility index (Phi) is 7.08. The van der Waals surface area contributed by atoms with Gasteiger partial charge in [-0.05, 0) is 96.5 Å². The molecule has 0 unspecified atom stereocenters. The summed E-state index contributed by atoms with van der Waals surface area (Å²) < 4.78 is 13.5. The van der Waals surface area contributed by atoms with Crippen LogP contribution in [-0.4, -0.2) is 15.0 Å². The number of pyridine rings is 1. The number of halogens is 1. The number of anilines is 1. The topological polar surface area (TPSA) is 48.1 Å². The van der Waals surface area contributed by atoms with Crippen LogP contribution in [-0.2, 0) is 19.5 Å². The summed E-state index contributed by atoms with van der Waals surface area (Å²) in [5.41, 5.74) is 6.59. The molecule has 0 aliphatic carbocycles. The highest BCUT2D eigenvalue weighted by atomic mass is 32.1. The first-order chi connectivity index (χ1) is 16.3. The average molecular weight is 474 g/mol. The lowest BCUT2D eigenvalue weighted by Gasteiger charge is -2.27. The van der Waals surface area contributed by atoms with Gasteiger partial charge in [-0.15, -0.1) is 0 Å². The van der Waals surface area contributed by atoms with E-state index in [9.17, 15) is 9.18 Å². The number of fused-ring (bicyclic) bond motifs is 1. The van der Waals surface area contributed by atoms with Crippen LogP contribution in [0.3, 0.4) is 0 Å². The Balaban J connectivity index is 1.68. The standard InChI is InChI=1S/C28H28FN3OS/c1-4-21-7-5-6-8-25(21)31-28(34)32(16-20-9-11-24(29)12-10-20)17-23-15-22-13-18(2)19(3)14-26(22)30-27(23)33/h5-15H,4,16-17H2,1-3H3,(H,30,33)(H,31,34). The molecule has 0 amide bonds. The molecule has 6 heteroatoms. The van der Waals surface area contributed by atoms with Crippen molar-refractivity contribution in [2.75, 3.05) is 5.32 Å². The first-order valence-corrected chi connectivity index (χ1v) is 11.8. The highest BCUT2D eigenvalue weighted by molar-refractivity contribution is 7.80. The SMILES string of the molecule is CCc1ccccc1NC(=S)N(Cc1ccc(F)cc1)Cc1cc2cc(C)c(C)cc2[nH]c1=O. The molecule has 2 N–H and O–H groups in total. The molecule has 4 rings (SSSR count). The lowest BCUT2D eigenvalue weighted by molar-refractivity contribution is 0.411. The lowest BCUT2D eigenvalue weighted by atomic mass is 10.0. The molecule has 0 bridgehead atoms. The third-order valence-corrected chi connectivity index (χ3v) is 6.47. The van der Waals surface area contributed by atoms with E-state index in [4.69, 9.17) is 12.2 Å². The Morgan fingerprint density at radius 2 is 1.68 bits per heavy atom. The van der Waals surface area contributed by atoms with Gasteiger partial charge in [0.1, 0.15) is 5.82 Å². The van der Waals surface area contributed by atoms with Crippen molar-refractivity contribution >= 4 is 33.9 Å².